The zero-order valence-corrected chi connectivity index (χ0v) is 29.7. The third-order valence-electron chi connectivity index (χ3n) is 10.8. The van der Waals surface area contributed by atoms with Gasteiger partial charge in [0, 0.05) is 41.3 Å². The van der Waals surface area contributed by atoms with Crippen LogP contribution in [0.15, 0.2) is 91.3 Å². The number of benzene rings is 3. The van der Waals surface area contributed by atoms with E-state index >= 15 is 0 Å². The van der Waals surface area contributed by atoms with Crippen LogP contribution in [-0.4, -0.2) is 44.3 Å². The Hall–Kier alpha value is -5.11. The number of hydrogen-bond acceptors (Lipinski definition) is 5. The summed E-state index contributed by atoms with van der Waals surface area (Å²) in [6, 6.07) is 21.8. The summed E-state index contributed by atoms with van der Waals surface area (Å²) in [5.74, 6) is 1.57. The first-order valence-corrected chi connectivity index (χ1v) is 18.3. The van der Waals surface area contributed by atoms with Crippen LogP contribution in [0.1, 0.15) is 90.9 Å². The second-order valence-electron chi connectivity index (χ2n) is 14.2. The van der Waals surface area contributed by atoms with Crippen LogP contribution in [0.2, 0.25) is 0 Å². The summed E-state index contributed by atoms with van der Waals surface area (Å²) >= 11 is 0. The molecule has 2 amide bonds. The number of nitrogens with one attached hydrogen (secondary N) is 1. The van der Waals surface area contributed by atoms with Gasteiger partial charge in [0.25, 0.3) is 5.91 Å². The van der Waals surface area contributed by atoms with Crippen LogP contribution in [0.5, 0.6) is 0 Å². The van der Waals surface area contributed by atoms with Gasteiger partial charge in [-0.1, -0.05) is 80.8 Å². The standard InChI is InChI=1S/C43H48N4O4/c1-3-30-8-12-32(13-9-30)33-16-18-34(19-17-33)38-25-44-42(45-26-38)35-14-10-31(11-15-35)27-47(28-41(49)50)43(51)36-20-22-39(23-21-36)46-40(48)24-37-7-5-4-6-29(37)2/h4-7,10-11,14-15,18,20-23,25-26,30,32-33H,3,8-9,12-13,16-17,19,24,27-28H2,1-2H3,(H,46,48)(H,49,50)/t30-,32-,33?. The molecular formula is C43H48N4O4. The van der Waals surface area contributed by atoms with Gasteiger partial charge >= 0.3 is 5.97 Å². The summed E-state index contributed by atoms with van der Waals surface area (Å²) in [5.41, 5.74) is 6.95. The molecule has 8 heteroatoms. The Morgan fingerprint density at radius 3 is 2.18 bits per heavy atom. The Kier molecular flexibility index (Phi) is 11.7. The van der Waals surface area contributed by atoms with Crippen LogP contribution in [-0.2, 0) is 22.6 Å². The van der Waals surface area contributed by atoms with Crippen LogP contribution in [0.4, 0.5) is 5.69 Å². The fourth-order valence-electron chi connectivity index (χ4n) is 7.66. The van der Waals surface area contributed by atoms with E-state index in [9.17, 15) is 19.5 Å². The van der Waals surface area contributed by atoms with Gasteiger partial charge < -0.3 is 15.3 Å². The SMILES string of the molecule is CC[C@H]1CC[C@H](C2CC=C(c3cnc(-c4ccc(CN(CC(=O)O)C(=O)c5ccc(NC(=O)Cc6ccccc6C)cc5)cc4)nc3)CC2)CC1. The summed E-state index contributed by atoms with van der Waals surface area (Å²) in [6.07, 6.45) is 16.9. The highest BCUT2D eigenvalue weighted by Gasteiger charge is 2.28. The van der Waals surface area contributed by atoms with Crippen molar-refractivity contribution in [3.05, 3.63) is 119 Å². The first-order valence-electron chi connectivity index (χ1n) is 18.3. The van der Waals surface area contributed by atoms with Gasteiger partial charge in [-0.25, -0.2) is 9.97 Å². The van der Waals surface area contributed by atoms with Crippen molar-refractivity contribution in [1.29, 1.82) is 0 Å². The molecule has 8 nitrogen and oxygen atoms in total. The van der Waals surface area contributed by atoms with Gasteiger partial charge in [0.05, 0.1) is 6.42 Å². The molecule has 2 N–H and O–H groups in total. The normalized spacial score (nSPS) is 18.8. The molecule has 51 heavy (non-hydrogen) atoms. The van der Waals surface area contributed by atoms with E-state index in [4.69, 9.17) is 0 Å². The number of allylic oxidation sites excluding steroid dienone is 2. The predicted octanol–water partition coefficient (Wildman–Crippen LogP) is 8.76. The van der Waals surface area contributed by atoms with Crippen molar-refractivity contribution < 1.29 is 19.5 Å². The second kappa shape index (κ2) is 16.7. The molecule has 0 spiro atoms. The van der Waals surface area contributed by atoms with Crippen molar-refractivity contribution in [3.63, 3.8) is 0 Å². The number of carboxylic acids is 1. The minimum atomic E-state index is -1.10. The summed E-state index contributed by atoms with van der Waals surface area (Å²) in [6.45, 7) is 3.97. The summed E-state index contributed by atoms with van der Waals surface area (Å²) < 4.78 is 0. The van der Waals surface area contributed by atoms with Crippen molar-refractivity contribution >= 4 is 29.0 Å². The van der Waals surface area contributed by atoms with E-state index in [-0.39, 0.29) is 18.9 Å². The lowest BCUT2D eigenvalue weighted by Crippen LogP contribution is -2.35. The number of amides is 2. The van der Waals surface area contributed by atoms with Gasteiger partial charge in [-0.05, 0) is 103 Å². The van der Waals surface area contributed by atoms with Gasteiger partial charge in [0.1, 0.15) is 6.54 Å². The number of carbonyl (C=O) groups excluding carboxylic acids is 2. The van der Waals surface area contributed by atoms with Crippen molar-refractivity contribution in [2.24, 2.45) is 17.8 Å². The summed E-state index contributed by atoms with van der Waals surface area (Å²) in [4.78, 5) is 48.4. The molecule has 1 fully saturated rings. The largest absolute Gasteiger partial charge is 0.480 e. The fourth-order valence-corrected chi connectivity index (χ4v) is 7.66. The molecule has 1 heterocycles. The van der Waals surface area contributed by atoms with Crippen LogP contribution in [0, 0.1) is 24.7 Å². The van der Waals surface area contributed by atoms with Crippen LogP contribution in [0.25, 0.3) is 17.0 Å². The highest BCUT2D eigenvalue weighted by Crippen LogP contribution is 2.41. The van der Waals surface area contributed by atoms with E-state index in [0.29, 0.717) is 17.1 Å². The molecule has 2 aliphatic rings. The fraction of sp³-hybridized carbons (Fsp3) is 0.372. The lowest BCUT2D eigenvalue weighted by Gasteiger charge is -2.35. The van der Waals surface area contributed by atoms with Gasteiger partial charge in [-0.3, -0.25) is 14.4 Å². The molecule has 0 bridgehead atoms. The van der Waals surface area contributed by atoms with Crippen LogP contribution in [0.3, 0.4) is 0 Å². The quantitative estimate of drug-likeness (QED) is 0.154. The maximum absolute atomic E-state index is 13.4. The number of aryl methyl sites for hydroxylation is 1. The highest BCUT2D eigenvalue weighted by molar-refractivity contribution is 5.97. The van der Waals surface area contributed by atoms with Gasteiger partial charge in [0.2, 0.25) is 5.91 Å². The average molecular weight is 685 g/mol. The Balaban J connectivity index is 1.04. The topological polar surface area (TPSA) is 112 Å². The molecular weight excluding hydrogens is 636 g/mol. The van der Waals surface area contributed by atoms with E-state index in [1.54, 1.807) is 24.3 Å². The minimum Gasteiger partial charge on any atom is -0.480 e. The number of aromatic nitrogens is 2. The first-order chi connectivity index (χ1) is 24.7. The molecule has 0 saturated heterocycles. The maximum Gasteiger partial charge on any atom is 0.323 e. The number of carboxylic acid groups (broad SMARTS) is 1. The molecule has 0 aliphatic heterocycles. The Morgan fingerprint density at radius 1 is 0.843 bits per heavy atom. The number of carbonyl (C=O) groups is 3. The molecule has 1 saturated carbocycles. The number of nitrogens with zero attached hydrogens (tertiary/aromatic N) is 3. The van der Waals surface area contributed by atoms with E-state index in [1.807, 2.05) is 67.8 Å². The number of aliphatic carboxylic acids is 1. The van der Waals surface area contributed by atoms with Gasteiger partial charge in [0.15, 0.2) is 5.82 Å². The van der Waals surface area contributed by atoms with Gasteiger partial charge in [-0.15, -0.1) is 0 Å². The highest BCUT2D eigenvalue weighted by atomic mass is 16.4. The number of hydrogen-bond donors (Lipinski definition) is 2. The number of rotatable bonds is 12. The first kappa shape index (κ1) is 35.7. The second-order valence-corrected chi connectivity index (χ2v) is 14.2. The molecule has 1 atom stereocenters. The Labute approximate surface area is 301 Å². The molecule has 1 aromatic heterocycles. The third-order valence-corrected chi connectivity index (χ3v) is 10.8. The zero-order valence-electron chi connectivity index (χ0n) is 29.7. The Morgan fingerprint density at radius 2 is 1.55 bits per heavy atom. The van der Waals surface area contributed by atoms with E-state index in [1.165, 1.54) is 49.0 Å². The third kappa shape index (κ3) is 9.37. The average Bonchev–Trinajstić information content (AvgIpc) is 3.16. The van der Waals surface area contributed by atoms with E-state index in [0.717, 1.165) is 58.4 Å². The summed E-state index contributed by atoms with van der Waals surface area (Å²) in [5, 5.41) is 12.4. The van der Waals surface area contributed by atoms with E-state index in [2.05, 4.69) is 28.3 Å². The van der Waals surface area contributed by atoms with Crippen LogP contribution < -0.4 is 5.32 Å². The molecule has 1 unspecified atom stereocenters. The van der Waals surface area contributed by atoms with Crippen molar-refractivity contribution in [2.45, 2.75) is 78.2 Å². The molecule has 3 aromatic carbocycles. The molecule has 0 radical (unpaired) electrons. The van der Waals surface area contributed by atoms with Crippen molar-refractivity contribution in [2.75, 3.05) is 11.9 Å². The van der Waals surface area contributed by atoms with E-state index < -0.39 is 18.4 Å². The number of anilines is 1. The molecule has 2 aliphatic carbocycles. The van der Waals surface area contributed by atoms with Crippen molar-refractivity contribution in [1.82, 2.24) is 14.9 Å². The molecule has 4 aromatic rings. The molecule has 6 rings (SSSR count). The van der Waals surface area contributed by atoms with Gasteiger partial charge in [-0.2, -0.15) is 0 Å². The lowest BCUT2D eigenvalue weighted by atomic mass is 9.71. The van der Waals surface area contributed by atoms with Crippen LogP contribution >= 0.6 is 0 Å². The summed E-state index contributed by atoms with van der Waals surface area (Å²) in [7, 11) is 0. The predicted molar refractivity (Wildman–Crippen MR) is 201 cm³/mol. The smallest absolute Gasteiger partial charge is 0.323 e. The maximum atomic E-state index is 13.4. The molecule has 264 valence electrons. The lowest BCUT2D eigenvalue weighted by molar-refractivity contribution is -0.137. The zero-order chi connectivity index (χ0) is 35.7. The Bertz CT molecular complexity index is 1840. The monoisotopic (exact) mass is 684 g/mol. The van der Waals surface area contributed by atoms with Crippen molar-refractivity contribution in [3.8, 4) is 11.4 Å². The minimum absolute atomic E-state index is 0.120.